The van der Waals surface area contributed by atoms with Crippen molar-refractivity contribution in [1.82, 2.24) is 14.9 Å². The van der Waals surface area contributed by atoms with Crippen molar-refractivity contribution in [3.8, 4) is 11.4 Å². The van der Waals surface area contributed by atoms with E-state index in [4.69, 9.17) is 9.97 Å². The van der Waals surface area contributed by atoms with Crippen LogP contribution in [0.5, 0.6) is 0 Å². The van der Waals surface area contributed by atoms with Gasteiger partial charge in [-0.05, 0) is 13.8 Å². The van der Waals surface area contributed by atoms with Gasteiger partial charge >= 0.3 is 0 Å². The number of carbonyl (C=O) groups excluding carboxylic acids is 1. The highest BCUT2D eigenvalue weighted by Crippen LogP contribution is 2.31. The predicted molar refractivity (Wildman–Crippen MR) is 110 cm³/mol. The normalized spacial score (nSPS) is 14.3. The van der Waals surface area contributed by atoms with E-state index < -0.39 is 0 Å². The van der Waals surface area contributed by atoms with Crippen LogP contribution in [0.15, 0.2) is 30.3 Å². The molecule has 1 aromatic heterocycles. The summed E-state index contributed by atoms with van der Waals surface area (Å²) in [4.78, 5) is 26.7. The molecule has 27 heavy (non-hydrogen) atoms. The molecule has 0 radical (unpaired) electrons. The van der Waals surface area contributed by atoms with Crippen molar-refractivity contribution in [1.29, 1.82) is 0 Å². The summed E-state index contributed by atoms with van der Waals surface area (Å²) in [5.41, 5.74) is 2.78. The number of nitrogens with zero attached hydrogens (tertiary/aromatic N) is 4. The summed E-state index contributed by atoms with van der Waals surface area (Å²) in [6.07, 6.45) is 0.762. The van der Waals surface area contributed by atoms with Gasteiger partial charge in [-0.1, -0.05) is 51.1 Å². The number of hydrogen-bond acceptors (Lipinski definition) is 4. The highest BCUT2D eigenvalue weighted by Gasteiger charge is 2.32. The lowest BCUT2D eigenvalue weighted by Gasteiger charge is -2.35. The number of hydrogen-bond donors (Lipinski definition) is 0. The fourth-order valence-corrected chi connectivity index (χ4v) is 3.30. The third kappa shape index (κ3) is 3.97. The van der Waals surface area contributed by atoms with Gasteiger partial charge in [-0.3, -0.25) is 4.79 Å². The summed E-state index contributed by atoms with van der Waals surface area (Å²) in [5, 5.41) is 0. The Morgan fingerprint density at radius 3 is 2.41 bits per heavy atom. The lowest BCUT2D eigenvalue weighted by Crippen LogP contribution is -2.43. The lowest BCUT2D eigenvalue weighted by molar-refractivity contribution is -0.140. The van der Waals surface area contributed by atoms with Gasteiger partial charge in [0.1, 0.15) is 5.82 Å². The molecular formula is C22H30N4O. The van der Waals surface area contributed by atoms with Gasteiger partial charge in [-0.2, -0.15) is 0 Å². The molecule has 5 nitrogen and oxygen atoms in total. The zero-order valence-corrected chi connectivity index (χ0v) is 17.3. The predicted octanol–water partition coefficient (Wildman–Crippen LogP) is 3.92. The minimum absolute atomic E-state index is 0.179. The number of fused-ring (bicyclic) bond motifs is 1. The second-order valence-corrected chi connectivity index (χ2v) is 8.59. The Morgan fingerprint density at radius 1 is 1.15 bits per heavy atom. The van der Waals surface area contributed by atoms with Crippen LogP contribution in [0.1, 0.15) is 45.9 Å². The van der Waals surface area contributed by atoms with Gasteiger partial charge in [-0.15, -0.1) is 0 Å². The Morgan fingerprint density at radius 2 is 1.81 bits per heavy atom. The smallest absolute Gasteiger partial charge is 0.228 e. The molecule has 2 aromatic rings. The molecule has 1 aliphatic rings. The van der Waals surface area contributed by atoms with Crippen LogP contribution in [0, 0.1) is 5.41 Å². The maximum absolute atomic E-state index is 12.8. The first-order valence-electron chi connectivity index (χ1n) is 9.66. The Hall–Kier alpha value is -2.43. The lowest BCUT2D eigenvalue weighted by atomic mass is 9.93. The fourth-order valence-electron chi connectivity index (χ4n) is 3.30. The van der Waals surface area contributed by atoms with Crippen LogP contribution in [-0.4, -0.2) is 40.4 Å². The van der Waals surface area contributed by atoms with E-state index in [-0.39, 0.29) is 11.3 Å². The minimum atomic E-state index is -0.382. The Kier molecular flexibility index (Phi) is 5.22. The number of benzene rings is 1. The molecule has 5 heteroatoms. The van der Waals surface area contributed by atoms with E-state index in [1.165, 1.54) is 0 Å². The summed E-state index contributed by atoms with van der Waals surface area (Å²) < 4.78 is 0. The number of amides is 1. The molecule has 144 valence electrons. The van der Waals surface area contributed by atoms with Gasteiger partial charge in [0.05, 0.1) is 12.2 Å². The van der Waals surface area contributed by atoms with Crippen LogP contribution in [0.4, 0.5) is 5.82 Å². The first-order chi connectivity index (χ1) is 12.7. The maximum Gasteiger partial charge on any atom is 0.228 e. The van der Waals surface area contributed by atoms with Gasteiger partial charge in [0.25, 0.3) is 0 Å². The topological polar surface area (TPSA) is 49.3 Å². The molecule has 1 aromatic carbocycles. The zero-order valence-electron chi connectivity index (χ0n) is 17.3. The summed E-state index contributed by atoms with van der Waals surface area (Å²) in [7, 11) is 2.06. The van der Waals surface area contributed by atoms with Crippen molar-refractivity contribution in [2.45, 2.75) is 53.6 Å². The van der Waals surface area contributed by atoms with Crippen molar-refractivity contribution >= 4 is 11.7 Å². The monoisotopic (exact) mass is 366 g/mol. The quantitative estimate of drug-likeness (QED) is 0.826. The van der Waals surface area contributed by atoms with E-state index in [0.29, 0.717) is 19.1 Å². The highest BCUT2D eigenvalue weighted by molar-refractivity contribution is 5.82. The van der Waals surface area contributed by atoms with Crippen molar-refractivity contribution in [2.75, 3.05) is 18.5 Å². The third-order valence-electron chi connectivity index (χ3n) is 5.11. The fraction of sp³-hybridized carbons (Fsp3) is 0.500. The van der Waals surface area contributed by atoms with Crippen molar-refractivity contribution in [3.05, 3.63) is 41.6 Å². The van der Waals surface area contributed by atoms with Gasteiger partial charge in [-0.25, -0.2) is 9.97 Å². The molecule has 0 spiro atoms. The molecule has 0 unspecified atom stereocenters. The number of carbonyl (C=O) groups is 1. The Balaban J connectivity index is 2.06. The SMILES string of the molecule is CC(C)N(C)c1nc(-c2ccccc2)nc2c1CN(C(=O)C(C)(C)C)CC2. The zero-order chi connectivity index (χ0) is 19.8. The summed E-state index contributed by atoms with van der Waals surface area (Å²) in [5.74, 6) is 1.87. The summed E-state index contributed by atoms with van der Waals surface area (Å²) in [6.45, 7) is 11.5. The Bertz CT molecular complexity index is 824. The molecule has 1 aliphatic heterocycles. The van der Waals surface area contributed by atoms with E-state index in [9.17, 15) is 4.79 Å². The van der Waals surface area contributed by atoms with Gasteiger partial charge in [0, 0.05) is 42.6 Å². The van der Waals surface area contributed by atoms with Crippen molar-refractivity contribution in [2.24, 2.45) is 5.41 Å². The first-order valence-corrected chi connectivity index (χ1v) is 9.66. The largest absolute Gasteiger partial charge is 0.357 e. The molecule has 0 fully saturated rings. The molecule has 0 atom stereocenters. The number of rotatable bonds is 3. The molecule has 2 heterocycles. The molecule has 0 aliphatic carbocycles. The van der Waals surface area contributed by atoms with E-state index in [0.717, 1.165) is 34.9 Å². The number of aromatic nitrogens is 2. The van der Waals surface area contributed by atoms with Crippen molar-refractivity contribution in [3.63, 3.8) is 0 Å². The minimum Gasteiger partial charge on any atom is -0.357 e. The second kappa shape index (κ2) is 7.29. The average Bonchev–Trinajstić information content (AvgIpc) is 2.65. The van der Waals surface area contributed by atoms with E-state index in [1.54, 1.807) is 0 Å². The first kappa shape index (κ1) is 19.3. The molecule has 0 bridgehead atoms. The highest BCUT2D eigenvalue weighted by atomic mass is 16.2. The van der Waals surface area contributed by atoms with Crippen molar-refractivity contribution < 1.29 is 4.79 Å². The molecule has 0 saturated carbocycles. The summed E-state index contributed by atoms with van der Waals surface area (Å²) >= 11 is 0. The molecule has 0 N–H and O–H groups in total. The van der Waals surface area contributed by atoms with Crippen LogP contribution < -0.4 is 4.90 Å². The molecule has 0 saturated heterocycles. The van der Waals surface area contributed by atoms with E-state index in [1.807, 2.05) is 56.0 Å². The van der Waals surface area contributed by atoms with E-state index in [2.05, 4.69) is 25.8 Å². The van der Waals surface area contributed by atoms with E-state index >= 15 is 0 Å². The standard InChI is InChI=1S/C22H30N4O/c1-15(2)25(6)20-17-14-26(21(27)22(3,4)5)13-12-18(17)23-19(24-20)16-10-8-7-9-11-16/h7-11,15H,12-14H2,1-6H3. The maximum atomic E-state index is 12.8. The van der Waals surface area contributed by atoms with Gasteiger partial charge in [0.15, 0.2) is 5.82 Å². The van der Waals surface area contributed by atoms with Gasteiger partial charge in [0.2, 0.25) is 5.91 Å². The van der Waals surface area contributed by atoms with Crippen LogP contribution in [0.2, 0.25) is 0 Å². The van der Waals surface area contributed by atoms with Crippen LogP contribution in [0.3, 0.4) is 0 Å². The second-order valence-electron chi connectivity index (χ2n) is 8.59. The van der Waals surface area contributed by atoms with Gasteiger partial charge < -0.3 is 9.80 Å². The van der Waals surface area contributed by atoms with Crippen LogP contribution in [-0.2, 0) is 17.8 Å². The number of anilines is 1. The van der Waals surface area contributed by atoms with Crippen LogP contribution >= 0.6 is 0 Å². The van der Waals surface area contributed by atoms with Crippen LogP contribution in [0.25, 0.3) is 11.4 Å². The Labute approximate surface area is 162 Å². The molecule has 3 rings (SSSR count). The molecular weight excluding hydrogens is 336 g/mol. The molecule has 1 amide bonds. The summed E-state index contributed by atoms with van der Waals surface area (Å²) in [6, 6.07) is 10.4. The third-order valence-corrected chi connectivity index (χ3v) is 5.11. The average molecular weight is 367 g/mol.